The van der Waals surface area contributed by atoms with Crippen molar-refractivity contribution in [2.45, 2.75) is 46.7 Å². The van der Waals surface area contributed by atoms with Crippen molar-refractivity contribution in [2.75, 3.05) is 13.2 Å². The lowest BCUT2D eigenvalue weighted by Crippen LogP contribution is -2.52. The monoisotopic (exact) mass is 568 g/mol. The molecule has 0 fully saturated rings. The molecule has 0 unspecified atom stereocenters. The molecule has 3 aromatic rings. The van der Waals surface area contributed by atoms with Crippen LogP contribution in [0.4, 0.5) is 4.39 Å². The number of hydrogen-bond acceptors (Lipinski definition) is 3. The second-order valence-electron chi connectivity index (χ2n) is 9.62. The van der Waals surface area contributed by atoms with Gasteiger partial charge in [-0.05, 0) is 54.7 Å². The Morgan fingerprint density at radius 2 is 1.62 bits per heavy atom. The topological polar surface area (TPSA) is 58.6 Å². The highest BCUT2D eigenvalue weighted by Crippen LogP contribution is 2.26. The minimum atomic E-state index is -0.842. The van der Waals surface area contributed by atoms with Crippen LogP contribution in [0.2, 0.25) is 0 Å². The van der Waals surface area contributed by atoms with Gasteiger partial charge in [0.15, 0.2) is 6.61 Å². The van der Waals surface area contributed by atoms with Crippen LogP contribution in [0.5, 0.6) is 5.75 Å². The summed E-state index contributed by atoms with van der Waals surface area (Å²) < 4.78 is 21.5. The fourth-order valence-electron chi connectivity index (χ4n) is 4.00. The summed E-state index contributed by atoms with van der Waals surface area (Å²) in [4.78, 5) is 28.5. The van der Waals surface area contributed by atoms with Crippen LogP contribution in [0.1, 0.15) is 36.1 Å². The zero-order valence-corrected chi connectivity index (χ0v) is 23.3. The first-order valence-electron chi connectivity index (χ1n) is 12.4. The first kappa shape index (κ1) is 28.4. The summed E-state index contributed by atoms with van der Waals surface area (Å²) >= 11 is 3.54. The highest BCUT2D eigenvalue weighted by Gasteiger charge is 2.31. The van der Waals surface area contributed by atoms with Crippen LogP contribution in [0, 0.1) is 25.6 Å². The third-order valence-corrected chi connectivity index (χ3v) is 7.28. The summed E-state index contributed by atoms with van der Waals surface area (Å²) in [6, 6.07) is 18.7. The van der Waals surface area contributed by atoms with Crippen LogP contribution >= 0.6 is 15.9 Å². The Labute approximate surface area is 227 Å². The van der Waals surface area contributed by atoms with E-state index in [-0.39, 0.29) is 25.0 Å². The van der Waals surface area contributed by atoms with Gasteiger partial charge in [0.05, 0.1) is 0 Å². The average molecular weight is 570 g/mol. The SMILES string of the molecule is Cc1cc(OCC(=O)N(Cc2ccccc2F)[C@H](Cc2ccccc2)C(=O)NCC(C)C)cc(C)c1Br. The molecule has 3 rings (SSSR count). The van der Waals surface area contributed by atoms with Crippen molar-refractivity contribution in [1.29, 1.82) is 0 Å². The number of amides is 2. The van der Waals surface area contributed by atoms with Crippen LogP contribution in [0.25, 0.3) is 0 Å². The second-order valence-corrected chi connectivity index (χ2v) is 10.4. The van der Waals surface area contributed by atoms with E-state index in [4.69, 9.17) is 4.74 Å². The van der Waals surface area contributed by atoms with E-state index in [9.17, 15) is 14.0 Å². The van der Waals surface area contributed by atoms with Gasteiger partial charge in [0.2, 0.25) is 5.91 Å². The first-order valence-corrected chi connectivity index (χ1v) is 13.2. The van der Waals surface area contributed by atoms with Crippen molar-refractivity contribution < 1.29 is 18.7 Å². The molecule has 0 aromatic heterocycles. The minimum absolute atomic E-state index is 0.0557. The van der Waals surface area contributed by atoms with Crippen LogP contribution in [-0.4, -0.2) is 35.9 Å². The molecule has 0 aliphatic rings. The average Bonchev–Trinajstić information content (AvgIpc) is 2.88. The van der Waals surface area contributed by atoms with Crippen LogP contribution < -0.4 is 10.1 Å². The van der Waals surface area contributed by atoms with Gasteiger partial charge >= 0.3 is 0 Å². The number of benzene rings is 3. The predicted molar refractivity (Wildman–Crippen MR) is 148 cm³/mol. The number of carbonyl (C=O) groups is 2. The van der Waals surface area contributed by atoms with Gasteiger partial charge in [-0.1, -0.05) is 78.3 Å². The van der Waals surface area contributed by atoms with E-state index in [0.717, 1.165) is 21.2 Å². The fraction of sp³-hybridized carbons (Fsp3) is 0.333. The Morgan fingerprint density at radius 1 is 1.00 bits per heavy atom. The van der Waals surface area contributed by atoms with Crippen molar-refractivity contribution in [3.8, 4) is 5.75 Å². The molecule has 1 atom stereocenters. The summed E-state index contributed by atoms with van der Waals surface area (Å²) in [6.45, 7) is 8.04. The number of ether oxygens (including phenoxy) is 1. The number of nitrogens with one attached hydrogen (secondary N) is 1. The molecule has 0 saturated heterocycles. The van der Waals surface area contributed by atoms with Crippen LogP contribution in [0.3, 0.4) is 0 Å². The van der Waals surface area contributed by atoms with Gasteiger partial charge in [0.1, 0.15) is 17.6 Å². The lowest BCUT2D eigenvalue weighted by atomic mass is 10.0. The summed E-state index contributed by atoms with van der Waals surface area (Å²) in [6.07, 6.45) is 0.293. The molecule has 37 heavy (non-hydrogen) atoms. The molecule has 0 aliphatic carbocycles. The number of aryl methyl sites for hydroxylation is 2. The maximum Gasteiger partial charge on any atom is 0.261 e. The van der Waals surface area contributed by atoms with E-state index in [1.165, 1.54) is 11.0 Å². The standard InChI is InChI=1S/C30H34BrFN2O3/c1-20(2)17-33-30(36)27(16-23-10-6-5-7-11-23)34(18-24-12-8-9-13-26(24)32)28(35)19-37-25-14-21(3)29(31)22(4)15-25/h5-15,20,27H,16-19H2,1-4H3,(H,33,36)/t27-/m1/s1. The van der Waals surface area contributed by atoms with E-state index in [1.54, 1.807) is 18.2 Å². The van der Waals surface area contributed by atoms with Crippen molar-refractivity contribution >= 4 is 27.7 Å². The number of carbonyl (C=O) groups excluding carboxylic acids is 2. The van der Waals surface area contributed by atoms with Gasteiger partial charge in [-0.15, -0.1) is 0 Å². The third kappa shape index (κ3) is 8.15. The Hall–Kier alpha value is -3.19. The molecular weight excluding hydrogens is 535 g/mol. The Kier molecular flexibility index (Phi) is 10.3. The van der Waals surface area contributed by atoms with Gasteiger partial charge in [0.25, 0.3) is 5.91 Å². The van der Waals surface area contributed by atoms with Gasteiger partial charge in [0, 0.05) is 29.5 Å². The molecule has 0 saturated carbocycles. The van der Waals surface area contributed by atoms with Gasteiger partial charge in [-0.2, -0.15) is 0 Å². The van der Waals surface area contributed by atoms with E-state index in [2.05, 4.69) is 21.2 Å². The van der Waals surface area contributed by atoms with Gasteiger partial charge in [-0.3, -0.25) is 9.59 Å². The van der Waals surface area contributed by atoms with E-state index >= 15 is 0 Å². The molecule has 0 aliphatic heterocycles. The fourth-order valence-corrected chi connectivity index (χ4v) is 4.23. The predicted octanol–water partition coefficient (Wildman–Crippen LogP) is 6.00. The first-order chi connectivity index (χ1) is 17.7. The summed E-state index contributed by atoms with van der Waals surface area (Å²) in [5.74, 6) is -0.313. The van der Waals surface area contributed by atoms with Crippen molar-refractivity contribution in [3.63, 3.8) is 0 Å². The number of nitrogens with zero attached hydrogens (tertiary/aromatic N) is 1. The molecule has 0 spiro atoms. The molecule has 0 radical (unpaired) electrons. The quantitative estimate of drug-likeness (QED) is 0.309. The number of hydrogen-bond donors (Lipinski definition) is 1. The van der Waals surface area contributed by atoms with Crippen molar-refractivity contribution in [2.24, 2.45) is 5.92 Å². The number of rotatable bonds is 11. The lowest BCUT2D eigenvalue weighted by molar-refractivity contribution is -0.142. The summed E-state index contributed by atoms with van der Waals surface area (Å²) in [7, 11) is 0. The van der Waals surface area contributed by atoms with E-state index in [1.807, 2.05) is 70.2 Å². The van der Waals surface area contributed by atoms with E-state index < -0.39 is 17.8 Å². The van der Waals surface area contributed by atoms with Gasteiger partial charge < -0.3 is 15.0 Å². The summed E-state index contributed by atoms with van der Waals surface area (Å²) in [5.41, 5.74) is 3.21. The van der Waals surface area contributed by atoms with Crippen LogP contribution in [-0.2, 0) is 22.6 Å². The molecular formula is C30H34BrFN2O3. The summed E-state index contributed by atoms with van der Waals surface area (Å²) in [5, 5.41) is 2.96. The lowest BCUT2D eigenvalue weighted by Gasteiger charge is -2.32. The highest BCUT2D eigenvalue weighted by atomic mass is 79.9. The minimum Gasteiger partial charge on any atom is -0.484 e. The highest BCUT2D eigenvalue weighted by molar-refractivity contribution is 9.10. The zero-order chi connectivity index (χ0) is 26.9. The van der Waals surface area contributed by atoms with Crippen molar-refractivity contribution in [3.05, 3.63) is 99.3 Å². The number of halogens is 2. The smallest absolute Gasteiger partial charge is 0.261 e. The molecule has 2 amide bonds. The molecule has 0 heterocycles. The Morgan fingerprint density at radius 3 is 2.24 bits per heavy atom. The molecule has 3 aromatic carbocycles. The molecule has 5 nitrogen and oxygen atoms in total. The second kappa shape index (κ2) is 13.4. The largest absolute Gasteiger partial charge is 0.484 e. The Balaban J connectivity index is 1.92. The molecule has 1 N–H and O–H groups in total. The maximum atomic E-state index is 14.7. The molecule has 0 bridgehead atoms. The zero-order valence-electron chi connectivity index (χ0n) is 21.8. The maximum absolute atomic E-state index is 14.7. The Bertz CT molecular complexity index is 1190. The molecule has 7 heteroatoms. The normalized spacial score (nSPS) is 11.8. The van der Waals surface area contributed by atoms with Crippen molar-refractivity contribution in [1.82, 2.24) is 10.2 Å². The van der Waals surface area contributed by atoms with E-state index in [0.29, 0.717) is 24.3 Å². The third-order valence-electron chi connectivity index (χ3n) is 6.03. The van der Waals surface area contributed by atoms with Crippen LogP contribution in [0.15, 0.2) is 71.2 Å². The molecule has 196 valence electrons. The van der Waals surface area contributed by atoms with Gasteiger partial charge in [-0.25, -0.2) is 4.39 Å².